The molecule has 0 spiro atoms. The molecule has 2 N–H and O–H groups in total. The summed E-state index contributed by atoms with van der Waals surface area (Å²) in [4.78, 5) is 8.26. The molecular weight excluding hydrogens is 292 g/mol. The second kappa shape index (κ2) is 6.93. The molecule has 0 saturated carbocycles. The lowest BCUT2D eigenvalue weighted by molar-refractivity contribution is 0.414. The largest absolute Gasteiger partial charge is 0.490 e. The molecule has 0 fully saturated rings. The predicted molar refractivity (Wildman–Crippen MR) is 84.8 cm³/mol. The summed E-state index contributed by atoms with van der Waals surface area (Å²) >= 11 is 0. The zero-order chi connectivity index (χ0) is 16.1. The molecule has 120 valence electrons. The van der Waals surface area contributed by atoms with Crippen molar-refractivity contribution in [3.8, 4) is 5.75 Å². The first-order chi connectivity index (χ1) is 9.73. The molecule has 0 atom stereocenters. The van der Waals surface area contributed by atoms with Gasteiger partial charge in [-0.1, -0.05) is 6.92 Å². The minimum atomic E-state index is -3.18. The van der Waals surface area contributed by atoms with Crippen molar-refractivity contribution < 1.29 is 13.2 Å². The molecule has 0 unspecified atom stereocenters. The van der Waals surface area contributed by atoms with Gasteiger partial charge in [0.1, 0.15) is 6.33 Å². The normalized spacial score (nSPS) is 12.0. The van der Waals surface area contributed by atoms with Crippen molar-refractivity contribution in [1.82, 2.24) is 9.97 Å². The molecule has 7 nitrogen and oxygen atoms in total. The SMILES string of the molecule is CCCNc1ncnc(NCC(C)(C)S(C)(=O)=O)c1OC. The molecule has 0 aliphatic heterocycles. The van der Waals surface area contributed by atoms with Crippen molar-refractivity contribution >= 4 is 21.5 Å². The number of hydrogen-bond donors (Lipinski definition) is 2. The lowest BCUT2D eigenvalue weighted by Crippen LogP contribution is -2.38. The van der Waals surface area contributed by atoms with E-state index in [9.17, 15) is 8.42 Å². The highest BCUT2D eigenvalue weighted by atomic mass is 32.2. The third kappa shape index (κ3) is 4.45. The van der Waals surface area contributed by atoms with Crippen molar-refractivity contribution in [2.75, 3.05) is 37.1 Å². The van der Waals surface area contributed by atoms with Gasteiger partial charge in [0.05, 0.1) is 11.9 Å². The van der Waals surface area contributed by atoms with Crippen molar-refractivity contribution in [3.05, 3.63) is 6.33 Å². The van der Waals surface area contributed by atoms with Crippen molar-refractivity contribution in [3.63, 3.8) is 0 Å². The van der Waals surface area contributed by atoms with Crippen LogP contribution in [0.15, 0.2) is 6.33 Å². The summed E-state index contributed by atoms with van der Waals surface area (Å²) in [7, 11) is -1.65. The van der Waals surface area contributed by atoms with Gasteiger partial charge in [0.15, 0.2) is 21.5 Å². The number of sulfone groups is 1. The van der Waals surface area contributed by atoms with Gasteiger partial charge in [0.25, 0.3) is 0 Å². The van der Waals surface area contributed by atoms with Gasteiger partial charge in [-0.15, -0.1) is 0 Å². The van der Waals surface area contributed by atoms with E-state index in [4.69, 9.17) is 4.74 Å². The first-order valence-corrected chi connectivity index (χ1v) is 8.68. The fraction of sp³-hybridized carbons (Fsp3) is 0.692. The Balaban J connectivity index is 2.94. The Morgan fingerprint density at radius 3 is 2.29 bits per heavy atom. The lowest BCUT2D eigenvalue weighted by atomic mass is 10.2. The number of ether oxygens (including phenoxy) is 1. The molecule has 1 rings (SSSR count). The zero-order valence-corrected chi connectivity index (χ0v) is 14.0. The Hall–Kier alpha value is -1.57. The molecule has 0 aromatic carbocycles. The maximum Gasteiger partial charge on any atom is 0.204 e. The predicted octanol–water partition coefficient (Wildman–Crippen LogP) is 1.54. The van der Waals surface area contributed by atoms with E-state index in [0.717, 1.165) is 13.0 Å². The van der Waals surface area contributed by atoms with E-state index in [1.54, 1.807) is 13.8 Å². The van der Waals surface area contributed by atoms with Crippen LogP contribution in [0.3, 0.4) is 0 Å². The third-order valence-corrected chi connectivity index (χ3v) is 5.39. The highest BCUT2D eigenvalue weighted by Crippen LogP contribution is 2.29. The molecule has 1 heterocycles. The van der Waals surface area contributed by atoms with Crippen LogP contribution in [0.25, 0.3) is 0 Å². The summed E-state index contributed by atoms with van der Waals surface area (Å²) in [5.41, 5.74) is 0. The van der Waals surface area contributed by atoms with Crippen LogP contribution in [0.4, 0.5) is 11.6 Å². The molecule has 1 aromatic heterocycles. The molecule has 8 heteroatoms. The summed E-state index contributed by atoms with van der Waals surface area (Å²) in [6, 6.07) is 0. The highest BCUT2D eigenvalue weighted by Gasteiger charge is 2.30. The number of methoxy groups -OCH3 is 1. The Morgan fingerprint density at radius 2 is 1.81 bits per heavy atom. The summed E-state index contributed by atoms with van der Waals surface area (Å²) in [6.07, 6.45) is 3.59. The highest BCUT2D eigenvalue weighted by molar-refractivity contribution is 7.92. The van der Waals surface area contributed by atoms with Crippen LogP contribution in [0.2, 0.25) is 0 Å². The summed E-state index contributed by atoms with van der Waals surface area (Å²) in [6.45, 7) is 6.38. The molecule has 1 aromatic rings. The molecule has 0 radical (unpaired) electrons. The fourth-order valence-electron chi connectivity index (χ4n) is 1.49. The van der Waals surface area contributed by atoms with Gasteiger partial charge in [-0.05, 0) is 20.3 Å². The number of nitrogens with zero attached hydrogens (tertiary/aromatic N) is 2. The molecule has 0 amide bonds. The van der Waals surface area contributed by atoms with E-state index < -0.39 is 14.6 Å². The number of aromatic nitrogens is 2. The summed E-state index contributed by atoms with van der Waals surface area (Å²) in [5.74, 6) is 1.55. The van der Waals surface area contributed by atoms with Gasteiger partial charge in [0, 0.05) is 19.3 Å². The minimum absolute atomic E-state index is 0.229. The van der Waals surface area contributed by atoms with E-state index >= 15 is 0 Å². The molecular formula is C13H24N4O3S. The molecule has 21 heavy (non-hydrogen) atoms. The maximum atomic E-state index is 11.7. The van der Waals surface area contributed by atoms with Crippen LogP contribution >= 0.6 is 0 Å². The Morgan fingerprint density at radius 1 is 1.24 bits per heavy atom. The van der Waals surface area contributed by atoms with Gasteiger partial charge in [-0.3, -0.25) is 0 Å². The average molecular weight is 316 g/mol. The Labute approximate surface area is 126 Å². The van der Waals surface area contributed by atoms with Gasteiger partial charge in [-0.25, -0.2) is 18.4 Å². The zero-order valence-electron chi connectivity index (χ0n) is 13.2. The van der Waals surface area contributed by atoms with E-state index in [1.807, 2.05) is 0 Å². The quantitative estimate of drug-likeness (QED) is 0.751. The second-order valence-electron chi connectivity index (χ2n) is 5.42. The average Bonchev–Trinajstić information content (AvgIpc) is 2.41. The summed E-state index contributed by atoms with van der Waals surface area (Å²) < 4.78 is 27.9. The fourth-order valence-corrected chi connectivity index (χ4v) is 1.82. The third-order valence-electron chi connectivity index (χ3n) is 3.24. The topological polar surface area (TPSA) is 93.2 Å². The van der Waals surface area contributed by atoms with E-state index in [0.29, 0.717) is 17.4 Å². The minimum Gasteiger partial charge on any atom is -0.490 e. The number of hydrogen-bond acceptors (Lipinski definition) is 7. The van der Waals surface area contributed by atoms with Gasteiger partial charge < -0.3 is 15.4 Å². The Kier molecular flexibility index (Phi) is 5.77. The van der Waals surface area contributed by atoms with Crippen LogP contribution < -0.4 is 15.4 Å². The van der Waals surface area contributed by atoms with Crippen molar-refractivity contribution in [2.45, 2.75) is 31.9 Å². The number of anilines is 2. The Bertz CT molecular complexity index is 573. The molecule has 0 saturated heterocycles. The van der Waals surface area contributed by atoms with E-state index in [2.05, 4.69) is 27.5 Å². The van der Waals surface area contributed by atoms with Crippen LogP contribution in [0.5, 0.6) is 5.75 Å². The van der Waals surface area contributed by atoms with Crippen molar-refractivity contribution in [1.29, 1.82) is 0 Å². The van der Waals surface area contributed by atoms with E-state index in [-0.39, 0.29) is 6.54 Å². The maximum absolute atomic E-state index is 11.7. The smallest absolute Gasteiger partial charge is 0.204 e. The van der Waals surface area contributed by atoms with Gasteiger partial charge in [0.2, 0.25) is 5.75 Å². The first kappa shape index (κ1) is 17.5. The van der Waals surface area contributed by atoms with Crippen LogP contribution in [-0.2, 0) is 9.84 Å². The monoisotopic (exact) mass is 316 g/mol. The molecule has 0 aliphatic rings. The first-order valence-electron chi connectivity index (χ1n) is 6.79. The molecule has 0 aliphatic carbocycles. The number of nitrogens with one attached hydrogen (secondary N) is 2. The standard InChI is InChI=1S/C13H24N4O3S/c1-6-7-14-11-10(20-4)12(17-9-16-11)15-8-13(2,3)21(5,18)19/h9H,6-8H2,1-5H3,(H2,14,15,16,17). The van der Waals surface area contributed by atoms with Crippen LogP contribution in [0.1, 0.15) is 27.2 Å². The lowest BCUT2D eigenvalue weighted by Gasteiger charge is -2.23. The van der Waals surface area contributed by atoms with Crippen LogP contribution in [-0.4, -0.2) is 49.6 Å². The number of rotatable bonds is 8. The van der Waals surface area contributed by atoms with Gasteiger partial charge in [-0.2, -0.15) is 0 Å². The second-order valence-corrected chi connectivity index (χ2v) is 8.07. The van der Waals surface area contributed by atoms with Crippen molar-refractivity contribution in [2.24, 2.45) is 0 Å². The van der Waals surface area contributed by atoms with E-state index in [1.165, 1.54) is 19.7 Å². The van der Waals surface area contributed by atoms with Gasteiger partial charge >= 0.3 is 0 Å². The molecule has 0 bridgehead atoms. The summed E-state index contributed by atoms with van der Waals surface area (Å²) in [5, 5.41) is 6.18. The van der Waals surface area contributed by atoms with Crippen LogP contribution in [0, 0.1) is 0 Å².